The Balaban J connectivity index is 3.01. The van der Waals surface area contributed by atoms with E-state index >= 15 is 0 Å². The lowest BCUT2D eigenvalue weighted by atomic mass is 9.81. The van der Waals surface area contributed by atoms with E-state index < -0.39 is 11.5 Å². The number of hydrogen-bond donors (Lipinski definition) is 1. The van der Waals surface area contributed by atoms with Gasteiger partial charge >= 0.3 is 0 Å². The molecule has 0 aliphatic rings. The number of aryl methyl sites for hydroxylation is 1. The summed E-state index contributed by atoms with van der Waals surface area (Å²) >= 11 is 0. The molecule has 1 rings (SSSR count). The molecular formula is C16H21NO3. The Labute approximate surface area is 119 Å². The molecule has 4 heteroatoms. The van der Waals surface area contributed by atoms with Crippen molar-refractivity contribution in [3.05, 3.63) is 35.4 Å². The van der Waals surface area contributed by atoms with Crippen molar-refractivity contribution in [3.8, 4) is 0 Å². The molecule has 1 aromatic rings. The lowest BCUT2D eigenvalue weighted by molar-refractivity contribution is -0.133. The van der Waals surface area contributed by atoms with Gasteiger partial charge in [0.15, 0.2) is 0 Å². The molecule has 0 atom stereocenters. The zero-order chi connectivity index (χ0) is 15.5. The van der Waals surface area contributed by atoms with Crippen molar-refractivity contribution in [1.29, 1.82) is 0 Å². The van der Waals surface area contributed by atoms with E-state index in [4.69, 9.17) is 0 Å². The van der Waals surface area contributed by atoms with Crippen molar-refractivity contribution in [2.24, 2.45) is 5.92 Å². The SMILES string of the molecule is CC(=O)C(C(C)=O)C(C)(C)NC(=O)c1ccccc1C. The van der Waals surface area contributed by atoms with Crippen molar-refractivity contribution in [3.63, 3.8) is 0 Å². The van der Waals surface area contributed by atoms with Crippen LogP contribution in [0.25, 0.3) is 0 Å². The van der Waals surface area contributed by atoms with E-state index in [1.807, 2.05) is 19.1 Å². The molecule has 0 spiro atoms. The van der Waals surface area contributed by atoms with Crippen LogP contribution < -0.4 is 5.32 Å². The molecule has 0 bridgehead atoms. The van der Waals surface area contributed by atoms with Gasteiger partial charge in [0.25, 0.3) is 5.91 Å². The second kappa shape index (κ2) is 5.99. The quantitative estimate of drug-likeness (QED) is 0.839. The third kappa shape index (κ3) is 3.53. The van der Waals surface area contributed by atoms with Gasteiger partial charge in [-0.3, -0.25) is 14.4 Å². The lowest BCUT2D eigenvalue weighted by Gasteiger charge is -2.32. The van der Waals surface area contributed by atoms with Gasteiger partial charge in [-0.15, -0.1) is 0 Å². The smallest absolute Gasteiger partial charge is 0.251 e. The van der Waals surface area contributed by atoms with E-state index in [0.29, 0.717) is 5.56 Å². The van der Waals surface area contributed by atoms with Crippen molar-refractivity contribution in [2.45, 2.75) is 40.2 Å². The fraction of sp³-hybridized carbons (Fsp3) is 0.438. The maximum absolute atomic E-state index is 12.3. The van der Waals surface area contributed by atoms with Gasteiger partial charge in [-0.1, -0.05) is 18.2 Å². The Morgan fingerprint density at radius 2 is 1.55 bits per heavy atom. The van der Waals surface area contributed by atoms with Gasteiger partial charge in [-0.05, 0) is 46.2 Å². The van der Waals surface area contributed by atoms with Crippen molar-refractivity contribution >= 4 is 17.5 Å². The van der Waals surface area contributed by atoms with Crippen LogP contribution in [0.15, 0.2) is 24.3 Å². The number of rotatable bonds is 5. The Bertz CT molecular complexity index is 532. The summed E-state index contributed by atoms with van der Waals surface area (Å²) in [5, 5.41) is 2.80. The zero-order valence-electron chi connectivity index (χ0n) is 12.6. The molecule has 0 saturated heterocycles. The summed E-state index contributed by atoms with van der Waals surface area (Å²) < 4.78 is 0. The van der Waals surface area contributed by atoms with Crippen molar-refractivity contribution in [1.82, 2.24) is 5.32 Å². The first-order chi connectivity index (χ1) is 9.16. The first kappa shape index (κ1) is 16.1. The molecule has 0 aliphatic carbocycles. The number of carbonyl (C=O) groups is 3. The van der Waals surface area contributed by atoms with Gasteiger partial charge in [-0.25, -0.2) is 0 Å². The monoisotopic (exact) mass is 275 g/mol. The largest absolute Gasteiger partial charge is 0.346 e. The number of ketones is 2. The van der Waals surface area contributed by atoms with Crippen molar-refractivity contribution < 1.29 is 14.4 Å². The second-order valence-electron chi connectivity index (χ2n) is 5.65. The number of benzene rings is 1. The van der Waals surface area contributed by atoms with Gasteiger partial charge in [-0.2, -0.15) is 0 Å². The Morgan fingerprint density at radius 1 is 1.05 bits per heavy atom. The fourth-order valence-electron chi connectivity index (χ4n) is 2.56. The minimum absolute atomic E-state index is 0.243. The van der Waals surface area contributed by atoms with Gasteiger partial charge in [0.2, 0.25) is 0 Å². The number of nitrogens with one attached hydrogen (secondary N) is 1. The van der Waals surface area contributed by atoms with Crippen LogP contribution in [0.5, 0.6) is 0 Å². The minimum Gasteiger partial charge on any atom is -0.346 e. The number of carbonyl (C=O) groups excluding carboxylic acids is 3. The molecule has 1 aromatic carbocycles. The number of hydrogen-bond acceptors (Lipinski definition) is 3. The van der Waals surface area contributed by atoms with E-state index in [1.165, 1.54) is 13.8 Å². The number of amides is 1. The van der Waals surface area contributed by atoms with Crippen LogP contribution in [0.1, 0.15) is 43.6 Å². The highest BCUT2D eigenvalue weighted by molar-refractivity contribution is 6.03. The summed E-state index contributed by atoms with van der Waals surface area (Å²) in [6.07, 6.45) is 0. The molecule has 1 N–H and O–H groups in total. The average molecular weight is 275 g/mol. The highest BCUT2D eigenvalue weighted by atomic mass is 16.2. The molecule has 1 amide bonds. The maximum atomic E-state index is 12.3. The molecule has 4 nitrogen and oxygen atoms in total. The standard InChI is InChI=1S/C16H21NO3/c1-10-8-6-7-9-13(10)15(20)17-16(4,5)14(11(2)18)12(3)19/h6-9,14H,1-5H3,(H,17,20). The minimum atomic E-state index is -0.920. The van der Waals surface area contributed by atoms with Gasteiger partial charge in [0.1, 0.15) is 11.6 Å². The van der Waals surface area contributed by atoms with E-state index in [2.05, 4.69) is 5.32 Å². The predicted octanol–water partition coefficient (Wildman–Crippen LogP) is 2.30. The topological polar surface area (TPSA) is 63.2 Å². The molecule has 0 unspecified atom stereocenters. The van der Waals surface area contributed by atoms with Crippen LogP contribution in [-0.4, -0.2) is 23.0 Å². The second-order valence-corrected chi connectivity index (χ2v) is 5.65. The van der Waals surface area contributed by atoms with E-state index in [-0.39, 0.29) is 17.5 Å². The van der Waals surface area contributed by atoms with Crippen LogP contribution in [-0.2, 0) is 9.59 Å². The van der Waals surface area contributed by atoms with Crippen molar-refractivity contribution in [2.75, 3.05) is 0 Å². The van der Waals surface area contributed by atoms with E-state index in [0.717, 1.165) is 5.56 Å². The molecule has 108 valence electrons. The summed E-state index contributed by atoms with van der Waals surface area (Å²) in [4.78, 5) is 35.6. The molecule has 0 fully saturated rings. The van der Waals surface area contributed by atoms with Crippen LogP contribution >= 0.6 is 0 Å². The van der Waals surface area contributed by atoms with Crippen LogP contribution in [0.4, 0.5) is 0 Å². The average Bonchev–Trinajstić information content (AvgIpc) is 2.26. The molecule has 0 aromatic heterocycles. The summed E-state index contributed by atoms with van der Waals surface area (Å²) in [6, 6.07) is 7.19. The Hall–Kier alpha value is -1.97. The lowest BCUT2D eigenvalue weighted by Crippen LogP contribution is -2.53. The van der Waals surface area contributed by atoms with Crippen LogP contribution in [0, 0.1) is 12.8 Å². The molecular weight excluding hydrogens is 254 g/mol. The molecule has 20 heavy (non-hydrogen) atoms. The highest BCUT2D eigenvalue weighted by Crippen LogP contribution is 2.20. The fourth-order valence-corrected chi connectivity index (χ4v) is 2.56. The predicted molar refractivity (Wildman–Crippen MR) is 77.6 cm³/mol. The summed E-state index contributed by atoms with van der Waals surface area (Å²) in [7, 11) is 0. The van der Waals surface area contributed by atoms with Gasteiger partial charge in [0.05, 0.1) is 11.5 Å². The maximum Gasteiger partial charge on any atom is 0.251 e. The van der Waals surface area contributed by atoms with E-state index in [9.17, 15) is 14.4 Å². The van der Waals surface area contributed by atoms with E-state index in [1.54, 1.807) is 26.0 Å². The molecule has 0 saturated carbocycles. The Morgan fingerprint density at radius 3 is 2.00 bits per heavy atom. The molecule has 0 heterocycles. The zero-order valence-corrected chi connectivity index (χ0v) is 12.6. The van der Waals surface area contributed by atoms with Crippen LogP contribution in [0.3, 0.4) is 0 Å². The molecule has 0 aliphatic heterocycles. The number of Topliss-reactive ketones (excluding diaryl/α,β-unsaturated/α-hetero) is 2. The molecule has 0 radical (unpaired) electrons. The third-order valence-corrected chi connectivity index (χ3v) is 3.36. The Kier molecular flexibility index (Phi) is 4.82. The third-order valence-electron chi connectivity index (χ3n) is 3.36. The van der Waals surface area contributed by atoms with Gasteiger partial charge < -0.3 is 5.32 Å². The van der Waals surface area contributed by atoms with Crippen LogP contribution in [0.2, 0.25) is 0 Å². The summed E-state index contributed by atoms with van der Waals surface area (Å²) in [5.74, 6) is -1.60. The van der Waals surface area contributed by atoms with Gasteiger partial charge in [0, 0.05) is 5.56 Å². The summed E-state index contributed by atoms with van der Waals surface area (Å²) in [6.45, 7) is 7.96. The normalized spacial score (nSPS) is 11.3. The summed E-state index contributed by atoms with van der Waals surface area (Å²) in [5.41, 5.74) is 0.478. The highest BCUT2D eigenvalue weighted by Gasteiger charge is 2.38. The first-order valence-corrected chi connectivity index (χ1v) is 6.56. The first-order valence-electron chi connectivity index (χ1n) is 6.56.